The van der Waals surface area contributed by atoms with Gasteiger partial charge >= 0.3 is 5.97 Å². The lowest BCUT2D eigenvalue weighted by atomic mass is 10.2. The van der Waals surface area contributed by atoms with Crippen LogP contribution in [0.5, 0.6) is 0 Å². The third-order valence-electron chi connectivity index (χ3n) is 2.55. The summed E-state index contributed by atoms with van der Waals surface area (Å²) in [6.45, 7) is 2.11. The largest absolute Gasteiger partial charge is 0.480 e. The van der Waals surface area contributed by atoms with Crippen LogP contribution < -0.4 is 5.32 Å². The van der Waals surface area contributed by atoms with Gasteiger partial charge in [-0.1, -0.05) is 13.3 Å². The molecule has 1 aliphatic rings. The molecule has 1 aliphatic carbocycles. The maximum absolute atomic E-state index is 11.5. The number of amides is 1. The van der Waals surface area contributed by atoms with Crippen LogP contribution in [0.1, 0.15) is 32.6 Å². The Morgan fingerprint density at radius 3 is 2.69 bits per heavy atom. The number of hydrogen-bond donors (Lipinski definition) is 2. The number of rotatable bonds is 8. The normalized spacial score (nSPS) is 16.8. The summed E-state index contributed by atoms with van der Waals surface area (Å²) in [6, 6.07) is -0.667. The molecule has 1 atom stereocenters. The first-order valence-electron chi connectivity index (χ1n) is 5.75. The Bertz CT molecular complexity index is 254. The molecule has 1 fully saturated rings. The van der Waals surface area contributed by atoms with Crippen molar-refractivity contribution in [1.82, 2.24) is 5.32 Å². The summed E-state index contributed by atoms with van der Waals surface area (Å²) in [5.41, 5.74) is 0. The average molecular weight is 245 g/mol. The highest BCUT2D eigenvalue weighted by Crippen LogP contribution is 2.32. The molecule has 92 valence electrons. The van der Waals surface area contributed by atoms with E-state index < -0.39 is 12.0 Å². The second-order valence-corrected chi connectivity index (χ2v) is 5.23. The van der Waals surface area contributed by atoms with Crippen LogP contribution in [0.3, 0.4) is 0 Å². The van der Waals surface area contributed by atoms with Crippen molar-refractivity contribution >= 4 is 23.6 Å². The Morgan fingerprint density at radius 1 is 1.50 bits per heavy atom. The van der Waals surface area contributed by atoms with Crippen molar-refractivity contribution in [1.29, 1.82) is 0 Å². The van der Waals surface area contributed by atoms with Gasteiger partial charge in [-0.25, -0.2) is 4.79 Å². The van der Waals surface area contributed by atoms with Gasteiger partial charge in [0, 0.05) is 0 Å². The Hall–Kier alpha value is -0.710. The number of nitrogens with one attached hydrogen (secondary N) is 1. The molecule has 1 unspecified atom stereocenters. The Labute approximate surface area is 100 Å². The lowest BCUT2D eigenvalue weighted by molar-refractivity contribution is -0.142. The van der Waals surface area contributed by atoms with E-state index in [0.717, 1.165) is 31.4 Å². The molecule has 0 radical (unpaired) electrons. The summed E-state index contributed by atoms with van der Waals surface area (Å²) < 4.78 is 0. The third-order valence-corrected chi connectivity index (χ3v) is 3.60. The standard InChI is InChI=1S/C11H19NO3S/c1-2-3-6-16-7-9(13)12-10(11(14)15)8-4-5-8/h8,10H,2-7H2,1H3,(H,12,13)(H,14,15). The quantitative estimate of drug-likeness (QED) is 0.636. The topological polar surface area (TPSA) is 66.4 Å². The van der Waals surface area contributed by atoms with Crippen molar-refractivity contribution in [2.45, 2.75) is 38.6 Å². The van der Waals surface area contributed by atoms with E-state index in [1.54, 1.807) is 11.8 Å². The SMILES string of the molecule is CCCCSCC(=O)NC(C(=O)O)C1CC1. The molecule has 0 heterocycles. The van der Waals surface area contributed by atoms with Crippen LogP contribution in [0.15, 0.2) is 0 Å². The summed E-state index contributed by atoms with van der Waals surface area (Å²) in [5, 5.41) is 11.5. The van der Waals surface area contributed by atoms with Crippen LogP contribution in [-0.4, -0.2) is 34.5 Å². The van der Waals surface area contributed by atoms with E-state index in [4.69, 9.17) is 5.11 Å². The van der Waals surface area contributed by atoms with Crippen molar-refractivity contribution < 1.29 is 14.7 Å². The lowest BCUT2D eigenvalue weighted by Crippen LogP contribution is -2.43. The van der Waals surface area contributed by atoms with Crippen molar-refractivity contribution in [2.75, 3.05) is 11.5 Å². The lowest BCUT2D eigenvalue weighted by Gasteiger charge is -2.13. The zero-order valence-corrected chi connectivity index (χ0v) is 10.4. The third kappa shape index (κ3) is 4.88. The summed E-state index contributed by atoms with van der Waals surface area (Å²) in [7, 11) is 0. The van der Waals surface area contributed by atoms with Gasteiger partial charge in [-0.2, -0.15) is 11.8 Å². The molecule has 16 heavy (non-hydrogen) atoms. The van der Waals surface area contributed by atoms with Gasteiger partial charge < -0.3 is 10.4 Å². The van der Waals surface area contributed by atoms with Gasteiger partial charge in [0.25, 0.3) is 0 Å². The van der Waals surface area contributed by atoms with Crippen LogP contribution in [0.4, 0.5) is 0 Å². The second-order valence-electron chi connectivity index (χ2n) is 4.13. The van der Waals surface area contributed by atoms with Crippen LogP contribution >= 0.6 is 11.8 Å². The van der Waals surface area contributed by atoms with Crippen molar-refractivity contribution in [3.63, 3.8) is 0 Å². The van der Waals surface area contributed by atoms with E-state index in [1.165, 1.54) is 0 Å². The fourth-order valence-electron chi connectivity index (χ4n) is 1.44. The fraction of sp³-hybridized carbons (Fsp3) is 0.818. The molecule has 0 spiro atoms. The number of aliphatic carboxylic acids is 1. The molecule has 0 aliphatic heterocycles. The van der Waals surface area contributed by atoms with Gasteiger partial charge in [0.15, 0.2) is 0 Å². The highest BCUT2D eigenvalue weighted by Gasteiger charge is 2.37. The van der Waals surface area contributed by atoms with Gasteiger partial charge in [-0.05, 0) is 30.9 Å². The minimum atomic E-state index is -0.908. The van der Waals surface area contributed by atoms with E-state index in [1.807, 2.05) is 0 Å². The predicted octanol–water partition coefficient (Wildman–Crippen LogP) is 1.50. The summed E-state index contributed by atoms with van der Waals surface area (Å²) in [5.74, 6) is 0.429. The minimum absolute atomic E-state index is 0.152. The van der Waals surface area contributed by atoms with E-state index in [-0.39, 0.29) is 11.8 Å². The molecule has 4 nitrogen and oxygen atoms in total. The summed E-state index contributed by atoms with van der Waals surface area (Å²) in [6.07, 6.45) is 4.05. The summed E-state index contributed by atoms with van der Waals surface area (Å²) >= 11 is 1.57. The molecule has 1 amide bonds. The van der Waals surface area contributed by atoms with Crippen molar-refractivity contribution in [3.8, 4) is 0 Å². The number of carbonyl (C=O) groups excluding carboxylic acids is 1. The van der Waals surface area contributed by atoms with Gasteiger partial charge in [0.2, 0.25) is 5.91 Å². The molecule has 0 bridgehead atoms. The van der Waals surface area contributed by atoms with Gasteiger partial charge in [0.05, 0.1) is 5.75 Å². The summed E-state index contributed by atoms with van der Waals surface area (Å²) in [4.78, 5) is 22.3. The van der Waals surface area contributed by atoms with E-state index in [2.05, 4.69) is 12.2 Å². The van der Waals surface area contributed by atoms with Crippen LogP contribution in [-0.2, 0) is 9.59 Å². The highest BCUT2D eigenvalue weighted by molar-refractivity contribution is 7.99. The first-order valence-corrected chi connectivity index (χ1v) is 6.90. The highest BCUT2D eigenvalue weighted by atomic mass is 32.2. The Kier molecular flexibility index (Phi) is 5.66. The molecule has 1 rings (SSSR count). The van der Waals surface area contributed by atoms with Gasteiger partial charge in [-0.15, -0.1) is 0 Å². The number of hydrogen-bond acceptors (Lipinski definition) is 3. The first kappa shape index (κ1) is 13.4. The zero-order valence-electron chi connectivity index (χ0n) is 9.57. The minimum Gasteiger partial charge on any atom is -0.480 e. The maximum Gasteiger partial charge on any atom is 0.326 e. The predicted molar refractivity (Wildman–Crippen MR) is 64.5 cm³/mol. The number of thioether (sulfide) groups is 1. The first-order chi connectivity index (χ1) is 7.65. The molecular weight excluding hydrogens is 226 g/mol. The van der Waals surface area contributed by atoms with Crippen LogP contribution in [0.2, 0.25) is 0 Å². The van der Waals surface area contributed by atoms with Crippen LogP contribution in [0, 0.1) is 5.92 Å². The van der Waals surface area contributed by atoms with Crippen molar-refractivity contribution in [3.05, 3.63) is 0 Å². The molecule has 1 saturated carbocycles. The number of carboxylic acids is 1. The Morgan fingerprint density at radius 2 is 2.19 bits per heavy atom. The average Bonchev–Trinajstić information content (AvgIpc) is 3.04. The van der Waals surface area contributed by atoms with Crippen molar-refractivity contribution in [2.24, 2.45) is 5.92 Å². The maximum atomic E-state index is 11.5. The molecule has 2 N–H and O–H groups in total. The number of unbranched alkanes of at least 4 members (excludes halogenated alkanes) is 1. The molecule has 0 saturated heterocycles. The number of carbonyl (C=O) groups is 2. The zero-order chi connectivity index (χ0) is 12.0. The molecule has 5 heteroatoms. The molecule has 0 aromatic heterocycles. The van der Waals surface area contributed by atoms with E-state index in [9.17, 15) is 9.59 Å². The number of carboxylic acid groups (broad SMARTS) is 1. The second kappa shape index (κ2) is 6.78. The monoisotopic (exact) mass is 245 g/mol. The molecule has 0 aromatic rings. The molecule has 0 aromatic carbocycles. The molecular formula is C11H19NO3S. The fourth-order valence-corrected chi connectivity index (χ4v) is 2.34. The Balaban J connectivity index is 2.18. The van der Waals surface area contributed by atoms with E-state index >= 15 is 0 Å². The van der Waals surface area contributed by atoms with Gasteiger partial charge in [-0.3, -0.25) is 4.79 Å². The smallest absolute Gasteiger partial charge is 0.326 e. The van der Waals surface area contributed by atoms with Gasteiger partial charge in [0.1, 0.15) is 6.04 Å². The van der Waals surface area contributed by atoms with Crippen LogP contribution in [0.25, 0.3) is 0 Å². The van der Waals surface area contributed by atoms with E-state index in [0.29, 0.717) is 5.75 Å².